The van der Waals surface area contributed by atoms with Crippen molar-refractivity contribution in [2.75, 3.05) is 24.4 Å². The van der Waals surface area contributed by atoms with Gasteiger partial charge in [0.2, 0.25) is 0 Å². The van der Waals surface area contributed by atoms with Gasteiger partial charge in [-0.05, 0) is 43.4 Å². The summed E-state index contributed by atoms with van der Waals surface area (Å²) in [6.45, 7) is 0.665. The summed E-state index contributed by atoms with van der Waals surface area (Å²) in [7, 11) is 0. The molecule has 120 valence electrons. The molecule has 2 atom stereocenters. The molecule has 0 radical (unpaired) electrons. The monoisotopic (exact) mass is 341 g/mol. The summed E-state index contributed by atoms with van der Waals surface area (Å²) in [4.78, 5) is 13.2. The topological polar surface area (TPSA) is 38.3 Å². The zero-order chi connectivity index (χ0) is 15.6. The summed E-state index contributed by atoms with van der Waals surface area (Å²) in [5, 5.41) is 3.02. The number of amides is 1. The molecule has 0 bridgehead atoms. The van der Waals surface area contributed by atoms with Gasteiger partial charge >= 0.3 is 0 Å². The van der Waals surface area contributed by atoms with Crippen molar-refractivity contribution in [1.82, 2.24) is 5.32 Å². The Kier molecular flexibility index (Phi) is 5.00. The number of ether oxygens (including phenoxy) is 1. The van der Waals surface area contributed by atoms with Gasteiger partial charge in [0, 0.05) is 23.3 Å². The summed E-state index contributed by atoms with van der Waals surface area (Å²) >= 11 is 3.29. The Balaban J connectivity index is 1.72. The van der Waals surface area contributed by atoms with Crippen LogP contribution in [0, 0.1) is 5.82 Å². The number of carbonyl (C=O) groups excluding carboxylic acids is 1. The van der Waals surface area contributed by atoms with E-state index in [0.29, 0.717) is 11.5 Å². The predicted molar refractivity (Wildman–Crippen MR) is 89.3 cm³/mol. The van der Waals surface area contributed by atoms with Crippen LogP contribution in [0.15, 0.2) is 23.1 Å². The van der Waals surface area contributed by atoms with Gasteiger partial charge in [-0.25, -0.2) is 4.39 Å². The molecule has 2 fully saturated rings. The molecule has 0 unspecified atom stereocenters. The minimum atomic E-state index is -0.456. The molecule has 0 saturated carbocycles. The van der Waals surface area contributed by atoms with Gasteiger partial charge < -0.3 is 10.1 Å². The van der Waals surface area contributed by atoms with E-state index in [9.17, 15) is 9.18 Å². The quantitative estimate of drug-likeness (QED) is 0.856. The van der Waals surface area contributed by atoms with Gasteiger partial charge in [-0.3, -0.25) is 4.79 Å². The van der Waals surface area contributed by atoms with Crippen molar-refractivity contribution < 1.29 is 13.9 Å². The Morgan fingerprint density at radius 2 is 2.41 bits per heavy atom. The molecule has 22 heavy (non-hydrogen) atoms. The molecule has 2 aliphatic rings. The highest BCUT2D eigenvalue weighted by atomic mass is 32.2. The average Bonchev–Trinajstić information content (AvgIpc) is 2.94. The molecule has 6 heteroatoms. The molecule has 3 rings (SSSR count). The lowest BCUT2D eigenvalue weighted by atomic mass is 9.89. The molecule has 1 aromatic rings. The first-order chi connectivity index (χ1) is 10.6. The van der Waals surface area contributed by atoms with Gasteiger partial charge in [0.1, 0.15) is 5.82 Å². The summed E-state index contributed by atoms with van der Waals surface area (Å²) in [5.74, 6) is 1.34. The second-order valence-electron chi connectivity index (χ2n) is 5.81. The normalized spacial score (nSPS) is 28.0. The Morgan fingerprint density at radius 1 is 1.55 bits per heavy atom. The highest BCUT2D eigenvalue weighted by Gasteiger charge is 2.41. The van der Waals surface area contributed by atoms with Crippen molar-refractivity contribution in [3.63, 3.8) is 0 Å². The molecule has 2 saturated heterocycles. The molecule has 1 N–H and O–H groups in total. The van der Waals surface area contributed by atoms with E-state index in [0.717, 1.165) is 30.8 Å². The first-order valence-electron chi connectivity index (χ1n) is 7.49. The summed E-state index contributed by atoms with van der Waals surface area (Å²) < 4.78 is 20.0. The fraction of sp³-hybridized carbons (Fsp3) is 0.562. The summed E-state index contributed by atoms with van der Waals surface area (Å²) in [5.41, 5.74) is 0.0784. The average molecular weight is 341 g/mol. The lowest BCUT2D eigenvalue weighted by Gasteiger charge is -2.38. The number of nitrogens with one attached hydrogen (secondary N) is 1. The van der Waals surface area contributed by atoms with Gasteiger partial charge in [-0.15, -0.1) is 11.8 Å². The van der Waals surface area contributed by atoms with E-state index in [2.05, 4.69) is 5.32 Å². The van der Waals surface area contributed by atoms with E-state index in [1.54, 1.807) is 12.1 Å². The second kappa shape index (κ2) is 6.81. The van der Waals surface area contributed by atoms with Gasteiger partial charge in [-0.1, -0.05) is 6.07 Å². The predicted octanol–water partition coefficient (Wildman–Crippen LogP) is 3.33. The van der Waals surface area contributed by atoms with Crippen LogP contribution in [0.1, 0.15) is 29.6 Å². The highest BCUT2D eigenvalue weighted by molar-refractivity contribution is 7.99. The van der Waals surface area contributed by atoms with E-state index in [4.69, 9.17) is 4.74 Å². The maximum atomic E-state index is 14.0. The largest absolute Gasteiger partial charge is 0.374 e. The summed E-state index contributed by atoms with van der Waals surface area (Å²) in [6, 6.07) is 4.82. The van der Waals surface area contributed by atoms with Crippen LogP contribution in [0.4, 0.5) is 4.39 Å². The lowest BCUT2D eigenvalue weighted by Crippen LogP contribution is -2.48. The van der Waals surface area contributed by atoms with Crippen molar-refractivity contribution >= 4 is 29.4 Å². The smallest absolute Gasteiger partial charge is 0.255 e. The standard InChI is InChI=1S/C16H20FNO2S2/c1-21-13-4-2-3-12(17)14(13)15(19)18-11-5-7-20-16(9-11)6-8-22-10-16/h2-4,11H,5-10H2,1H3,(H,18,19)/t11-,16+/m0/s1. The number of hydrogen-bond donors (Lipinski definition) is 1. The molecule has 3 nitrogen and oxygen atoms in total. The number of rotatable bonds is 3. The van der Waals surface area contributed by atoms with Crippen LogP contribution < -0.4 is 5.32 Å². The Bertz CT molecular complexity index is 561. The van der Waals surface area contributed by atoms with Gasteiger partial charge in [0.05, 0.1) is 11.2 Å². The Hall–Kier alpha value is -0.720. The molecule has 0 aromatic heterocycles. The van der Waals surface area contributed by atoms with Crippen LogP contribution in [0.5, 0.6) is 0 Å². The molecular weight excluding hydrogens is 321 g/mol. The van der Waals surface area contributed by atoms with E-state index in [-0.39, 0.29) is 23.1 Å². The number of halogens is 1. The number of thioether (sulfide) groups is 2. The van der Waals surface area contributed by atoms with Crippen LogP contribution in [-0.4, -0.2) is 41.9 Å². The zero-order valence-corrected chi connectivity index (χ0v) is 14.2. The summed E-state index contributed by atoms with van der Waals surface area (Å²) in [6.07, 6.45) is 4.51. The Morgan fingerprint density at radius 3 is 3.14 bits per heavy atom. The van der Waals surface area contributed by atoms with Crippen molar-refractivity contribution in [1.29, 1.82) is 0 Å². The van der Waals surface area contributed by atoms with E-state index in [1.807, 2.05) is 18.0 Å². The molecule has 2 aliphatic heterocycles. The molecule has 2 heterocycles. The van der Waals surface area contributed by atoms with Crippen LogP contribution in [0.3, 0.4) is 0 Å². The second-order valence-corrected chi connectivity index (χ2v) is 7.77. The molecule has 0 aliphatic carbocycles. The van der Waals surface area contributed by atoms with Crippen LogP contribution >= 0.6 is 23.5 Å². The number of carbonyl (C=O) groups is 1. The van der Waals surface area contributed by atoms with Crippen molar-refractivity contribution in [2.45, 2.75) is 35.8 Å². The lowest BCUT2D eigenvalue weighted by molar-refractivity contribution is -0.0688. The van der Waals surface area contributed by atoms with Crippen LogP contribution in [0.25, 0.3) is 0 Å². The highest BCUT2D eigenvalue weighted by Crippen LogP contribution is 2.38. The third-order valence-electron chi connectivity index (χ3n) is 4.32. The molecule has 1 aromatic carbocycles. The van der Waals surface area contributed by atoms with E-state index < -0.39 is 5.82 Å². The van der Waals surface area contributed by atoms with Crippen molar-refractivity contribution in [3.05, 3.63) is 29.6 Å². The van der Waals surface area contributed by atoms with Crippen LogP contribution in [-0.2, 0) is 4.74 Å². The van der Waals surface area contributed by atoms with Gasteiger partial charge in [0.25, 0.3) is 5.91 Å². The van der Waals surface area contributed by atoms with E-state index >= 15 is 0 Å². The maximum absolute atomic E-state index is 14.0. The first-order valence-corrected chi connectivity index (χ1v) is 9.86. The van der Waals surface area contributed by atoms with Crippen molar-refractivity contribution in [2.24, 2.45) is 0 Å². The van der Waals surface area contributed by atoms with Crippen molar-refractivity contribution in [3.8, 4) is 0 Å². The molecular formula is C16H20FNO2S2. The molecule has 1 amide bonds. The zero-order valence-electron chi connectivity index (χ0n) is 12.6. The third-order valence-corrected chi connectivity index (χ3v) is 6.32. The fourth-order valence-corrected chi connectivity index (χ4v) is 5.15. The third kappa shape index (κ3) is 3.29. The minimum absolute atomic E-state index is 0.0641. The SMILES string of the molecule is CSc1cccc(F)c1C(=O)N[C@H]1CCO[C@]2(CCSC2)C1. The minimum Gasteiger partial charge on any atom is -0.374 e. The first kappa shape index (κ1) is 16.1. The van der Waals surface area contributed by atoms with Gasteiger partial charge in [-0.2, -0.15) is 11.8 Å². The van der Waals surface area contributed by atoms with E-state index in [1.165, 1.54) is 17.8 Å². The number of hydrogen-bond acceptors (Lipinski definition) is 4. The Labute approximate surface area is 138 Å². The van der Waals surface area contributed by atoms with Gasteiger partial charge in [0.15, 0.2) is 0 Å². The fourth-order valence-electron chi connectivity index (χ4n) is 3.17. The number of benzene rings is 1. The molecule has 1 spiro atoms. The van der Waals surface area contributed by atoms with Crippen LogP contribution in [0.2, 0.25) is 0 Å². The maximum Gasteiger partial charge on any atom is 0.255 e.